The fourth-order valence-electron chi connectivity index (χ4n) is 8.02. The number of carbonyl (C=O) groups excluding carboxylic acids is 4. The van der Waals surface area contributed by atoms with Gasteiger partial charge in [0.15, 0.2) is 11.6 Å². The number of Topliss-reactive ketones (excluding diaryl/α,β-unsaturated/α-hetero) is 1. The quantitative estimate of drug-likeness (QED) is 0.360. The molecular formula is C35H29NO6. The number of aromatic hydroxyl groups is 1. The molecule has 1 saturated carbocycles. The Morgan fingerprint density at radius 1 is 0.881 bits per heavy atom. The van der Waals surface area contributed by atoms with Gasteiger partial charge >= 0.3 is 0 Å². The van der Waals surface area contributed by atoms with Crippen LogP contribution in [0.1, 0.15) is 35.4 Å². The van der Waals surface area contributed by atoms with Gasteiger partial charge in [0.2, 0.25) is 11.8 Å². The predicted molar refractivity (Wildman–Crippen MR) is 154 cm³/mol. The number of amides is 2. The molecule has 6 atom stereocenters. The van der Waals surface area contributed by atoms with Gasteiger partial charge in [-0.2, -0.15) is 0 Å². The predicted octanol–water partition coefficient (Wildman–Crippen LogP) is 4.51. The van der Waals surface area contributed by atoms with Crippen molar-refractivity contribution in [2.45, 2.75) is 24.2 Å². The van der Waals surface area contributed by atoms with Gasteiger partial charge in [-0.3, -0.25) is 24.5 Å². The van der Waals surface area contributed by atoms with Crippen molar-refractivity contribution in [2.24, 2.45) is 23.7 Å². The van der Waals surface area contributed by atoms with E-state index in [1.807, 2.05) is 66.7 Å². The first kappa shape index (κ1) is 26.1. The fourth-order valence-corrected chi connectivity index (χ4v) is 8.02. The van der Waals surface area contributed by atoms with Crippen molar-refractivity contribution < 1.29 is 29.0 Å². The van der Waals surface area contributed by atoms with E-state index in [2.05, 4.69) is 5.32 Å². The molecule has 1 heterocycles. The van der Waals surface area contributed by atoms with E-state index in [0.29, 0.717) is 34.4 Å². The molecule has 1 aliphatic heterocycles. The molecule has 0 spiro atoms. The molecule has 0 bridgehead atoms. The lowest BCUT2D eigenvalue weighted by Gasteiger charge is -2.55. The van der Waals surface area contributed by atoms with Gasteiger partial charge in [0, 0.05) is 23.0 Å². The summed E-state index contributed by atoms with van der Waals surface area (Å²) in [7, 11) is 1.53. The van der Waals surface area contributed by atoms with Crippen molar-refractivity contribution in [1.29, 1.82) is 0 Å². The lowest BCUT2D eigenvalue weighted by molar-refractivity contribution is -0.135. The second-order valence-electron chi connectivity index (χ2n) is 11.6. The molecule has 6 unspecified atom stereocenters. The number of methoxy groups -OCH3 is 1. The van der Waals surface area contributed by atoms with Crippen LogP contribution in [0.5, 0.6) is 11.5 Å². The largest absolute Gasteiger partial charge is 0.508 e. The summed E-state index contributed by atoms with van der Waals surface area (Å²) >= 11 is 0. The standard InChI is InChI=1S/C35H29NO6/c1-42-21-12-15-28(37)26(16-21)31-22-13-14-23-30(34(41)36-33(23)40)25(22)17-27-32(39)24(19-8-4-2-5-9-19)18-29(38)35(27,31)20-10-6-3-7-11-20/h2-13,15-16,18,23,25,27,30-31,37H,14,17H2,1H3,(H,36,40,41). The highest BCUT2D eigenvalue weighted by molar-refractivity contribution is 6.31. The first-order valence-corrected chi connectivity index (χ1v) is 14.2. The topological polar surface area (TPSA) is 110 Å². The summed E-state index contributed by atoms with van der Waals surface area (Å²) in [5.74, 6) is -3.94. The third-order valence-electron chi connectivity index (χ3n) is 9.76. The minimum absolute atomic E-state index is 0.0384. The number of phenols is 1. The molecule has 3 aromatic rings. The summed E-state index contributed by atoms with van der Waals surface area (Å²) in [4.78, 5) is 55.5. The zero-order chi connectivity index (χ0) is 29.2. The van der Waals surface area contributed by atoms with Gasteiger partial charge < -0.3 is 9.84 Å². The molecule has 3 aliphatic carbocycles. The Kier molecular flexibility index (Phi) is 6.01. The molecular weight excluding hydrogens is 530 g/mol. The average Bonchev–Trinajstić information content (AvgIpc) is 3.32. The highest BCUT2D eigenvalue weighted by Gasteiger charge is 2.65. The maximum Gasteiger partial charge on any atom is 0.231 e. The van der Waals surface area contributed by atoms with Gasteiger partial charge in [0.1, 0.15) is 11.5 Å². The van der Waals surface area contributed by atoms with Crippen molar-refractivity contribution in [3.63, 3.8) is 0 Å². The number of benzene rings is 3. The zero-order valence-corrected chi connectivity index (χ0v) is 22.9. The number of fused-ring (bicyclic) bond motifs is 4. The molecule has 4 aliphatic rings. The zero-order valence-electron chi connectivity index (χ0n) is 22.9. The van der Waals surface area contributed by atoms with Crippen LogP contribution < -0.4 is 10.1 Å². The van der Waals surface area contributed by atoms with Crippen LogP contribution in [-0.4, -0.2) is 35.6 Å². The van der Waals surface area contributed by atoms with Gasteiger partial charge in [0.25, 0.3) is 0 Å². The number of hydrogen-bond acceptors (Lipinski definition) is 6. The van der Waals surface area contributed by atoms with Crippen LogP contribution in [0.4, 0.5) is 0 Å². The van der Waals surface area contributed by atoms with Gasteiger partial charge in [-0.1, -0.05) is 72.3 Å². The Labute approximate surface area is 242 Å². The molecule has 2 amide bonds. The number of nitrogens with one attached hydrogen (secondary N) is 1. The number of hydrogen-bond donors (Lipinski definition) is 2. The SMILES string of the molecule is COc1ccc(O)c(C2C3=CCC4C(=O)NC(=O)C4C3CC3C(=O)C(c4ccccc4)=CC(=O)C32c2ccccc2)c1. The van der Waals surface area contributed by atoms with E-state index >= 15 is 0 Å². The van der Waals surface area contributed by atoms with Crippen LogP contribution in [0.2, 0.25) is 0 Å². The van der Waals surface area contributed by atoms with Gasteiger partial charge in [-0.25, -0.2) is 0 Å². The van der Waals surface area contributed by atoms with E-state index in [-0.39, 0.29) is 35.6 Å². The van der Waals surface area contributed by atoms with E-state index in [0.717, 1.165) is 5.57 Å². The fraction of sp³-hybridized carbons (Fsp3) is 0.257. The van der Waals surface area contributed by atoms with Gasteiger partial charge in [0.05, 0.1) is 24.4 Å². The van der Waals surface area contributed by atoms with Crippen LogP contribution in [-0.2, 0) is 24.6 Å². The van der Waals surface area contributed by atoms with E-state index in [9.17, 15) is 24.3 Å². The summed E-state index contributed by atoms with van der Waals surface area (Å²) in [5.41, 5.74) is 1.49. The highest BCUT2D eigenvalue weighted by atomic mass is 16.5. The normalized spacial score (nSPS) is 30.0. The third kappa shape index (κ3) is 3.59. The van der Waals surface area contributed by atoms with E-state index < -0.39 is 35.0 Å². The van der Waals surface area contributed by atoms with Crippen molar-refractivity contribution >= 4 is 29.0 Å². The minimum atomic E-state index is -1.39. The van der Waals surface area contributed by atoms with E-state index in [1.165, 1.54) is 19.3 Å². The summed E-state index contributed by atoms with van der Waals surface area (Å²) in [6.45, 7) is 0. The lowest BCUT2D eigenvalue weighted by Crippen LogP contribution is -2.58. The van der Waals surface area contributed by atoms with Crippen molar-refractivity contribution in [2.75, 3.05) is 7.11 Å². The Bertz CT molecular complexity index is 1710. The minimum Gasteiger partial charge on any atom is -0.508 e. The maximum absolute atomic E-state index is 14.8. The summed E-state index contributed by atoms with van der Waals surface area (Å²) in [6, 6.07) is 23.3. The Morgan fingerprint density at radius 2 is 1.60 bits per heavy atom. The molecule has 7 rings (SSSR count). The number of rotatable bonds is 4. The number of phenolic OH excluding ortho intramolecular Hbond substituents is 1. The number of ketones is 2. The molecule has 7 nitrogen and oxygen atoms in total. The molecule has 3 aromatic carbocycles. The van der Waals surface area contributed by atoms with Gasteiger partial charge in [-0.15, -0.1) is 0 Å². The Hall–Kier alpha value is -4.78. The molecule has 210 valence electrons. The van der Waals surface area contributed by atoms with Crippen molar-refractivity contribution in [1.82, 2.24) is 5.32 Å². The molecule has 42 heavy (non-hydrogen) atoms. The van der Waals surface area contributed by atoms with E-state index in [4.69, 9.17) is 4.74 Å². The molecule has 1 saturated heterocycles. The smallest absolute Gasteiger partial charge is 0.231 e. The molecule has 2 N–H and O–H groups in total. The Balaban J connectivity index is 1.55. The summed E-state index contributed by atoms with van der Waals surface area (Å²) < 4.78 is 5.53. The number of allylic oxidation sites excluding steroid dienone is 4. The first-order valence-electron chi connectivity index (χ1n) is 14.2. The third-order valence-corrected chi connectivity index (χ3v) is 9.76. The lowest BCUT2D eigenvalue weighted by atomic mass is 9.44. The van der Waals surface area contributed by atoms with Crippen molar-refractivity contribution in [3.8, 4) is 11.5 Å². The Morgan fingerprint density at radius 3 is 2.31 bits per heavy atom. The van der Waals surface area contributed by atoms with Crippen LogP contribution in [0.25, 0.3) is 5.57 Å². The second-order valence-corrected chi connectivity index (χ2v) is 11.6. The number of ether oxygens (including phenoxy) is 1. The molecule has 2 fully saturated rings. The second kappa shape index (κ2) is 9.65. The van der Waals surface area contributed by atoms with Crippen molar-refractivity contribution in [3.05, 3.63) is 113 Å². The van der Waals surface area contributed by atoms with Crippen LogP contribution in [0.3, 0.4) is 0 Å². The summed E-state index contributed by atoms with van der Waals surface area (Å²) in [6.07, 6.45) is 3.98. The van der Waals surface area contributed by atoms with Gasteiger partial charge in [-0.05, 0) is 54.2 Å². The molecule has 0 aromatic heterocycles. The van der Waals surface area contributed by atoms with Crippen LogP contribution >= 0.6 is 0 Å². The number of carbonyl (C=O) groups is 4. The summed E-state index contributed by atoms with van der Waals surface area (Å²) in [5, 5.41) is 13.9. The average molecular weight is 560 g/mol. The number of imide groups is 1. The van der Waals surface area contributed by atoms with Crippen LogP contribution in [0, 0.1) is 23.7 Å². The van der Waals surface area contributed by atoms with E-state index in [1.54, 1.807) is 12.1 Å². The maximum atomic E-state index is 14.8. The monoisotopic (exact) mass is 559 g/mol. The van der Waals surface area contributed by atoms with Crippen LogP contribution in [0.15, 0.2) is 96.6 Å². The highest BCUT2D eigenvalue weighted by Crippen LogP contribution is 2.64. The first-order chi connectivity index (χ1) is 20.4. The molecule has 0 radical (unpaired) electrons. The molecule has 7 heteroatoms.